The molecule has 0 radical (unpaired) electrons. The largest absolute Gasteiger partial charge is 0.399 e. The van der Waals surface area contributed by atoms with Gasteiger partial charge < -0.3 is 5.73 Å². The zero-order valence-electron chi connectivity index (χ0n) is 12.4. The molecule has 2 N–H and O–H groups in total. The van der Waals surface area contributed by atoms with Crippen LogP contribution in [0.15, 0.2) is 24.3 Å². The molecule has 21 heavy (non-hydrogen) atoms. The predicted octanol–water partition coefficient (Wildman–Crippen LogP) is 2.27. The maximum Gasteiger partial charge on any atom is 0.211 e. The molecule has 0 spiro atoms. The molecule has 3 rings (SSSR count). The number of hydrogen-bond donors (Lipinski definition) is 1. The number of benzene rings is 1. The molecular weight excluding hydrogens is 284 g/mol. The van der Waals surface area contributed by atoms with E-state index in [0.29, 0.717) is 19.0 Å². The summed E-state index contributed by atoms with van der Waals surface area (Å²) in [5, 5.41) is 0. The Bertz CT molecular complexity index is 680. The molecule has 1 aromatic carbocycles. The zero-order valence-corrected chi connectivity index (χ0v) is 13.2. The third-order valence-corrected chi connectivity index (χ3v) is 5.74. The van der Waals surface area contributed by atoms with E-state index in [-0.39, 0.29) is 0 Å². The number of nitrogen functional groups attached to an aromatic ring is 1. The van der Waals surface area contributed by atoms with Gasteiger partial charge in [-0.2, -0.15) is 0 Å². The van der Waals surface area contributed by atoms with E-state index in [2.05, 4.69) is 18.2 Å². The highest BCUT2D eigenvalue weighted by molar-refractivity contribution is 7.88. The fraction of sp³-hybridized carbons (Fsp3) is 0.500. The SMILES string of the molecule is CS(=O)(=O)N1CCCC(/C=C2\CCc3cc(N)ccc32)C1. The van der Waals surface area contributed by atoms with Crippen molar-refractivity contribution < 1.29 is 8.42 Å². The second kappa shape index (κ2) is 5.46. The van der Waals surface area contributed by atoms with Crippen LogP contribution in [-0.4, -0.2) is 32.1 Å². The smallest absolute Gasteiger partial charge is 0.211 e. The Morgan fingerprint density at radius 1 is 1.33 bits per heavy atom. The number of rotatable bonds is 2. The molecular formula is C16H22N2O2S. The summed E-state index contributed by atoms with van der Waals surface area (Å²) >= 11 is 0. The highest BCUT2D eigenvalue weighted by Crippen LogP contribution is 2.35. The summed E-state index contributed by atoms with van der Waals surface area (Å²) in [6.45, 7) is 1.28. The standard InChI is InChI=1S/C16H22N2O2S/c1-21(19,20)18-8-2-3-12(11-18)9-13-4-5-14-10-15(17)6-7-16(13)14/h6-7,9-10,12H,2-5,8,11,17H2,1H3/b13-9+. The fourth-order valence-corrected chi connectivity index (χ4v) is 4.33. The van der Waals surface area contributed by atoms with Crippen LogP contribution in [0.25, 0.3) is 5.57 Å². The molecule has 2 aliphatic rings. The lowest BCUT2D eigenvalue weighted by Crippen LogP contribution is -2.38. The van der Waals surface area contributed by atoms with Gasteiger partial charge in [0.25, 0.3) is 0 Å². The van der Waals surface area contributed by atoms with E-state index >= 15 is 0 Å². The first-order chi connectivity index (χ1) is 9.93. The van der Waals surface area contributed by atoms with Crippen LogP contribution in [0.4, 0.5) is 5.69 Å². The van der Waals surface area contributed by atoms with Gasteiger partial charge in [-0.25, -0.2) is 12.7 Å². The highest BCUT2D eigenvalue weighted by Gasteiger charge is 2.26. The lowest BCUT2D eigenvalue weighted by atomic mass is 9.95. The van der Waals surface area contributed by atoms with Gasteiger partial charge in [-0.15, -0.1) is 0 Å². The highest BCUT2D eigenvalue weighted by atomic mass is 32.2. The quantitative estimate of drug-likeness (QED) is 0.853. The Morgan fingerprint density at radius 2 is 2.14 bits per heavy atom. The molecule has 1 aliphatic heterocycles. The normalized spacial score (nSPS) is 25.2. The first kappa shape index (κ1) is 14.6. The lowest BCUT2D eigenvalue weighted by Gasteiger charge is -2.29. The Labute approximate surface area is 126 Å². The number of nitrogens with zero attached hydrogens (tertiary/aromatic N) is 1. The van der Waals surface area contributed by atoms with Gasteiger partial charge in [-0.05, 0) is 60.4 Å². The Kier molecular flexibility index (Phi) is 3.80. The second-order valence-corrected chi connectivity index (χ2v) is 8.11. The van der Waals surface area contributed by atoms with E-state index in [1.807, 2.05) is 6.07 Å². The van der Waals surface area contributed by atoms with Crippen LogP contribution in [-0.2, 0) is 16.4 Å². The minimum absolute atomic E-state index is 0.326. The van der Waals surface area contributed by atoms with E-state index in [4.69, 9.17) is 5.73 Å². The van der Waals surface area contributed by atoms with Crippen molar-refractivity contribution in [2.75, 3.05) is 25.1 Å². The minimum atomic E-state index is -3.07. The molecule has 1 fully saturated rings. The zero-order chi connectivity index (χ0) is 15.0. The monoisotopic (exact) mass is 306 g/mol. The van der Waals surface area contributed by atoms with E-state index < -0.39 is 10.0 Å². The minimum Gasteiger partial charge on any atom is -0.399 e. The van der Waals surface area contributed by atoms with Crippen LogP contribution < -0.4 is 5.73 Å². The van der Waals surface area contributed by atoms with Crippen LogP contribution >= 0.6 is 0 Å². The molecule has 1 atom stereocenters. The molecule has 114 valence electrons. The topological polar surface area (TPSA) is 63.4 Å². The summed E-state index contributed by atoms with van der Waals surface area (Å²) in [5.74, 6) is 0.326. The number of aryl methyl sites for hydroxylation is 1. The average Bonchev–Trinajstić information content (AvgIpc) is 2.80. The third kappa shape index (κ3) is 3.14. The van der Waals surface area contributed by atoms with Crippen molar-refractivity contribution in [2.24, 2.45) is 5.92 Å². The summed E-state index contributed by atoms with van der Waals surface area (Å²) < 4.78 is 25.0. The van der Waals surface area contributed by atoms with Crippen molar-refractivity contribution in [1.82, 2.24) is 4.31 Å². The van der Waals surface area contributed by atoms with Gasteiger partial charge in [-0.3, -0.25) is 0 Å². The second-order valence-electron chi connectivity index (χ2n) is 6.13. The molecule has 0 aromatic heterocycles. The van der Waals surface area contributed by atoms with Crippen LogP contribution in [0, 0.1) is 5.92 Å². The van der Waals surface area contributed by atoms with Gasteiger partial charge in [0.2, 0.25) is 10.0 Å². The molecule has 5 heteroatoms. The molecule has 4 nitrogen and oxygen atoms in total. The van der Waals surface area contributed by atoms with Crippen molar-refractivity contribution in [3.8, 4) is 0 Å². The van der Waals surface area contributed by atoms with Crippen molar-refractivity contribution >= 4 is 21.3 Å². The van der Waals surface area contributed by atoms with Crippen molar-refractivity contribution in [3.05, 3.63) is 35.4 Å². The summed E-state index contributed by atoms with van der Waals surface area (Å²) in [7, 11) is -3.07. The number of fused-ring (bicyclic) bond motifs is 1. The molecule has 1 heterocycles. The predicted molar refractivity (Wildman–Crippen MR) is 86.3 cm³/mol. The number of hydrogen-bond acceptors (Lipinski definition) is 3. The molecule has 1 aromatic rings. The van der Waals surface area contributed by atoms with E-state index in [9.17, 15) is 8.42 Å². The fourth-order valence-electron chi connectivity index (χ4n) is 3.41. The molecule has 1 aliphatic carbocycles. The van der Waals surface area contributed by atoms with Crippen LogP contribution in [0.5, 0.6) is 0 Å². The summed E-state index contributed by atoms with van der Waals surface area (Å²) in [6, 6.07) is 6.10. The van der Waals surface area contributed by atoms with Gasteiger partial charge in [0.15, 0.2) is 0 Å². The molecule has 1 saturated heterocycles. The van der Waals surface area contributed by atoms with Gasteiger partial charge in [0.1, 0.15) is 0 Å². The Morgan fingerprint density at radius 3 is 2.90 bits per heavy atom. The number of anilines is 1. The molecule has 0 amide bonds. The number of sulfonamides is 1. The average molecular weight is 306 g/mol. The molecule has 1 unspecified atom stereocenters. The summed E-state index contributed by atoms with van der Waals surface area (Å²) in [6.07, 6.45) is 7.67. The maximum absolute atomic E-state index is 11.7. The first-order valence-corrected chi connectivity index (χ1v) is 9.33. The van der Waals surface area contributed by atoms with E-state index in [0.717, 1.165) is 31.4 Å². The van der Waals surface area contributed by atoms with E-state index in [1.165, 1.54) is 23.0 Å². The van der Waals surface area contributed by atoms with Gasteiger partial charge in [-0.1, -0.05) is 12.1 Å². The number of allylic oxidation sites excluding steroid dienone is 1. The maximum atomic E-state index is 11.7. The Hall–Kier alpha value is -1.33. The number of piperidine rings is 1. The van der Waals surface area contributed by atoms with Crippen molar-refractivity contribution in [2.45, 2.75) is 25.7 Å². The molecule has 0 saturated carbocycles. The van der Waals surface area contributed by atoms with Crippen LogP contribution in [0.1, 0.15) is 30.4 Å². The van der Waals surface area contributed by atoms with Crippen LogP contribution in [0.3, 0.4) is 0 Å². The van der Waals surface area contributed by atoms with Crippen LogP contribution in [0.2, 0.25) is 0 Å². The first-order valence-electron chi connectivity index (χ1n) is 7.48. The van der Waals surface area contributed by atoms with Crippen molar-refractivity contribution in [3.63, 3.8) is 0 Å². The van der Waals surface area contributed by atoms with Gasteiger partial charge >= 0.3 is 0 Å². The summed E-state index contributed by atoms with van der Waals surface area (Å²) in [4.78, 5) is 0. The lowest BCUT2D eigenvalue weighted by molar-refractivity contribution is 0.302. The third-order valence-electron chi connectivity index (χ3n) is 4.47. The number of nitrogens with two attached hydrogens (primary N) is 1. The Balaban J connectivity index is 1.81. The van der Waals surface area contributed by atoms with Gasteiger partial charge in [0.05, 0.1) is 6.26 Å². The molecule has 0 bridgehead atoms. The van der Waals surface area contributed by atoms with Crippen molar-refractivity contribution in [1.29, 1.82) is 0 Å². The summed E-state index contributed by atoms with van der Waals surface area (Å²) in [5.41, 5.74) is 10.6. The van der Waals surface area contributed by atoms with Gasteiger partial charge in [0, 0.05) is 18.8 Å². The van der Waals surface area contributed by atoms with E-state index in [1.54, 1.807) is 4.31 Å².